The number of rotatable bonds is 2. The van der Waals surface area contributed by atoms with E-state index in [2.05, 4.69) is 26.8 Å². The van der Waals surface area contributed by atoms with Crippen LogP contribution in [0.5, 0.6) is 0 Å². The minimum Gasteiger partial charge on any atom is -0.465 e. The van der Waals surface area contributed by atoms with Crippen LogP contribution in [0.2, 0.25) is 0 Å². The van der Waals surface area contributed by atoms with E-state index in [4.69, 9.17) is 4.74 Å². The van der Waals surface area contributed by atoms with Gasteiger partial charge in [-0.05, 0) is 79.5 Å². The Morgan fingerprint density at radius 3 is 2.48 bits per heavy atom. The van der Waals surface area contributed by atoms with E-state index in [0.29, 0.717) is 11.5 Å². The summed E-state index contributed by atoms with van der Waals surface area (Å²) in [7, 11) is 1.43. The number of ether oxygens (including phenoxy) is 1. The minimum atomic E-state index is -0.256. The van der Waals surface area contributed by atoms with Crippen LogP contribution >= 0.6 is 0 Å². The van der Waals surface area contributed by atoms with Crippen molar-refractivity contribution in [3.8, 4) is 0 Å². The van der Waals surface area contributed by atoms with E-state index in [-0.39, 0.29) is 17.5 Å². The maximum atomic E-state index is 11.8. The van der Waals surface area contributed by atoms with Gasteiger partial charge in [-0.25, -0.2) is 4.79 Å². The standard InChI is InChI=1S/C19H26O3.C3H8.C2H6/c1-3-19-10-9-16(20)12-15(19)6-4-5-13-11-14(18(21)22-2)7-8-17(13)19;1-3-2;1-2/h7-8,11,15-16,20H,3-6,9-10,12H2,1-2H3;3H2,1-2H3;1-2H3. The highest BCUT2D eigenvalue weighted by Crippen LogP contribution is 2.51. The molecule has 2 aliphatic rings. The second-order valence-electron chi connectivity index (χ2n) is 7.60. The Morgan fingerprint density at radius 2 is 1.89 bits per heavy atom. The van der Waals surface area contributed by atoms with Crippen LogP contribution in [0.15, 0.2) is 18.2 Å². The topological polar surface area (TPSA) is 46.5 Å². The van der Waals surface area contributed by atoms with Crippen LogP contribution in [0, 0.1) is 5.92 Å². The predicted octanol–water partition coefficient (Wildman–Crippen LogP) is 6.06. The van der Waals surface area contributed by atoms with Gasteiger partial charge in [0.25, 0.3) is 0 Å². The number of aliphatic hydroxyl groups is 1. The lowest BCUT2D eigenvalue weighted by atomic mass is 9.59. The molecule has 3 nitrogen and oxygen atoms in total. The molecule has 1 N–H and O–H groups in total. The maximum Gasteiger partial charge on any atom is 0.337 e. The number of hydrogen-bond acceptors (Lipinski definition) is 3. The molecule has 3 rings (SSSR count). The lowest BCUT2D eigenvalue weighted by Crippen LogP contribution is -2.41. The fraction of sp³-hybridized carbons (Fsp3) is 0.708. The Hall–Kier alpha value is -1.35. The molecule has 3 atom stereocenters. The summed E-state index contributed by atoms with van der Waals surface area (Å²) in [5.41, 5.74) is 3.56. The molecule has 1 aromatic rings. The summed E-state index contributed by atoms with van der Waals surface area (Å²) in [6, 6.07) is 6.10. The van der Waals surface area contributed by atoms with Gasteiger partial charge >= 0.3 is 5.97 Å². The molecule has 2 aliphatic carbocycles. The average Bonchev–Trinajstić information content (AvgIpc) is 2.85. The summed E-state index contributed by atoms with van der Waals surface area (Å²) >= 11 is 0. The van der Waals surface area contributed by atoms with Gasteiger partial charge in [-0.2, -0.15) is 0 Å². The summed E-state index contributed by atoms with van der Waals surface area (Å²) in [5.74, 6) is 0.305. The zero-order chi connectivity index (χ0) is 20.4. The number of carbonyl (C=O) groups is 1. The Labute approximate surface area is 166 Å². The molecule has 154 valence electrons. The summed E-state index contributed by atoms with van der Waals surface area (Å²) in [5, 5.41) is 10.1. The highest BCUT2D eigenvalue weighted by Gasteiger charge is 2.44. The number of fused-ring (bicyclic) bond motifs is 3. The van der Waals surface area contributed by atoms with E-state index < -0.39 is 0 Å². The quantitative estimate of drug-likeness (QED) is 0.638. The smallest absolute Gasteiger partial charge is 0.337 e. The molecular weight excluding hydrogens is 336 g/mol. The molecule has 1 aromatic carbocycles. The van der Waals surface area contributed by atoms with Gasteiger partial charge in [0.05, 0.1) is 18.8 Å². The molecule has 3 heteroatoms. The molecule has 3 unspecified atom stereocenters. The summed E-state index contributed by atoms with van der Waals surface area (Å²) in [6.45, 7) is 10.5. The fourth-order valence-corrected chi connectivity index (χ4v) is 4.77. The Kier molecular flexibility index (Phi) is 10.1. The van der Waals surface area contributed by atoms with Gasteiger partial charge in [-0.1, -0.05) is 47.1 Å². The maximum absolute atomic E-state index is 11.8. The number of benzene rings is 1. The highest BCUT2D eigenvalue weighted by molar-refractivity contribution is 5.89. The number of aryl methyl sites for hydroxylation is 1. The zero-order valence-electron chi connectivity index (χ0n) is 18.3. The lowest BCUT2D eigenvalue weighted by Gasteiger charge is -2.46. The second kappa shape index (κ2) is 11.5. The predicted molar refractivity (Wildman–Crippen MR) is 113 cm³/mol. The summed E-state index contributed by atoms with van der Waals surface area (Å²) < 4.78 is 4.86. The first-order valence-corrected chi connectivity index (χ1v) is 10.9. The van der Waals surface area contributed by atoms with Crippen LogP contribution in [0.25, 0.3) is 0 Å². The number of carbonyl (C=O) groups excluding carboxylic acids is 1. The van der Waals surface area contributed by atoms with Crippen molar-refractivity contribution in [2.24, 2.45) is 5.92 Å². The first-order valence-electron chi connectivity index (χ1n) is 10.9. The fourth-order valence-electron chi connectivity index (χ4n) is 4.77. The van der Waals surface area contributed by atoms with Crippen LogP contribution in [0.3, 0.4) is 0 Å². The van der Waals surface area contributed by atoms with E-state index in [1.807, 2.05) is 26.0 Å². The van der Waals surface area contributed by atoms with Crippen LogP contribution in [-0.4, -0.2) is 24.3 Å². The van der Waals surface area contributed by atoms with E-state index in [1.165, 1.54) is 31.1 Å². The van der Waals surface area contributed by atoms with E-state index in [9.17, 15) is 9.90 Å². The molecule has 0 amide bonds. The van der Waals surface area contributed by atoms with Crippen molar-refractivity contribution < 1.29 is 14.6 Å². The van der Waals surface area contributed by atoms with Crippen molar-refractivity contribution in [3.63, 3.8) is 0 Å². The highest BCUT2D eigenvalue weighted by atomic mass is 16.5. The summed E-state index contributed by atoms with van der Waals surface area (Å²) in [6.07, 6.45) is 8.42. The van der Waals surface area contributed by atoms with Crippen LogP contribution in [-0.2, 0) is 16.6 Å². The molecule has 0 radical (unpaired) electrons. The average molecular weight is 377 g/mol. The number of hydrogen-bond donors (Lipinski definition) is 1. The molecule has 0 bridgehead atoms. The van der Waals surface area contributed by atoms with Gasteiger partial charge in [0, 0.05) is 0 Å². The monoisotopic (exact) mass is 376 g/mol. The van der Waals surface area contributed by atoms with Crippen molar-refractivity contribution in [1.29, 1.82) is 0 Å². The minimum absolute atomic E-state index is 0.138. The molecule has 0 heterocycles. The first-order chi connectivity index (χ1) is 13.0. The number of methoxy groups -OCH3 is 1. The Morgan fingerprint density at radius 1 is 1.22 bits per heavy atom. The van der Waals surface area contributed by atoms with Gasteiger partial charge in [0.15, 0.2) is 0 Å². The Bertz CT molecular complexity index is 581. The van der Waals surface area contributed by atoms with Crippen molar-refractivity contribution in [3.05, 3.63) is 34.9 Å². The van der Waals surface area contributed by atoms with Crippen molar-refractivity contribution in [2.45, 2.75) is 97.5 Å². The van der Waals surface area contributed by atoms with Crippen molar-refractivity contribution in [2.75, 3.05) is 7.11 Å². The third-order valence-electron chi connectivity index (χ3n) is 5.95. The molecule has 1 fully saturated rings. The number of aliphatic hydroxyl groups excluding tert-OH is 1. The van der Waals surface area contributed by atoms with Gasteiger partial charge in [0.2, 0.25) is 0 Å². The molecule has 1 saturated carbocycles. The zero-order valence-corrected chi connectivity index (χ0v) is 18.3. The molecule has 0 saturated heterocycles. The molecular formula is C24H40O3. The van der Waals surface area contributed by atoms with Crippen molar-refractivity contribution >= 4 is 5.97 Å². The first kappa shape index (κ1) is 23.7. The van der Waals surface area contributed by atoms with Gasteiger partial charge in [-0.15, -0.1) is 0 Å². The largest absolute Gasteiger partial charge is 0.465 e. The van der Waals surface area contributed by atoms with Crippen molar-refractivity contribution in [1.82, 2.24) is 0 Å². The molecule has 0 spiro atoms. The Balaban J connectivity index is 0.000000665. The van der Waals surface area contributed by atoms with Crippen LogP contribution < -0.4 is 0 Å². The van der Waals surface area contributed by atoms with Gasteiger partial charge in [-0.3, -0.25) is 0 Å². The SMILES string of the molecule is CC.CCC.CCC12CCC(O)CC1CCCc1cc(C(=O)OC)ccc12. The van der Waals surface area contributed by atoms with E-state index in [1.54, 1.807) is 0 Å². The third-order valence-corrected chi connectivity index (χ3v) is 5.95. The molecule has 0 aromatic heterocycles. The number of esters is 1. The van der Waals surface area contributed by atoms with Gasteiger partial charge in [0.1, 0.15) is 0 Å². The third kappa shape index (κ3) is 5.34. The van der Waals surface area contributed by atoms with E-state index >= 15 is 0 Å². The second-order valence-corrected chi connectivity index (χ2v) is 7.60. The molecule has 27 heavy (non-hydrogen) atoms. The van der Waals surface area contributed by atoms with E-state index in [0.717, 1.165) is 38.5 Å². The van der Waals surface area contributed by atoms with Crippen LogP contribution in [0.1, 0.15) is 101 Å². The van der Waals surface area contributed by atoms with Crippen LogP contribution in [0.4, 0.5) is 0 Å². The van der Waals surface area contributed by atoms with Gasteiger partial charge < -0.3 is 9.84 Å². The lowest BCUT2D eigenvalue weighted by molar-refractivity contribution is 0.0451. The summed E-state index contributed by atoms with van der Waals surface area (Å²) in [4.78, 5) is 11.8. The normalized spacial score (nSPS) is 26.0. The molecule has 0 aliphatic heterocycles.